The average Bonchev–Trinajstić information content (AvgIpc) is 2.76. The Morgan fingerprint density at radius 2 is 2.00 bits per heavy atom. The highest BCUT2D eigenvalue weighted by molar-refractivity contribution is 6.18. The molecule has 1 atom stereocenters. The molecule has 0 spiro atoms. The van der Waals surface area contributed by atoms with E-state index in [1.54, 1.807) is 0 Å². The molecule has 1 aromatic carbocycles. The molecule has 0 saturated carbocycles. The Bertz CT molecular complexity index is 332. The molecule has 0 radical (unpaired) electrons. The van der Waals surface area contributed by atoms with E-state index in [0.29, 0.717) is 11.9 Å². The lowest BCUT2D eigenvalue weighted by Crippen LogP contribution is -2.24. The predicted octanol–water partition coefficient (Wildman–Crippen LogP) is 3.10. The van der Waals surface area contributed by atoms with E-state index >= 15 is 0 Å². The maximum absolute atomic E-state index is 5.79. The lowest BCUT2D eigenvalue weighted by Gasteiger charge is -2.10. The lowest BCUT2D eigenvalue weighted by atomic mass is 10.1. The molecule has 2 heteroatoms. The van der Waals surface area contributed by atoms with Crippen LogP contribution in [0.2, 0.25) is 0 Å². The molecule has 0 amide bonds. The second kappa shape index (κ2) is 5.22. The first-order chi connectivity index (χ1) is 7.38. The molecule has 2 rings (SSSR count). The lowest BCUT2D eigenvalue weighted by molar-refractivity contribution is 0.657. The molecule has 15 heavy (non-hydrogen) atoms. The molecule has 1 aromatic rings. The first-order valence-corrected chi connectivity index (χ1v) is 5.97. The second-order valence-corrected chi connectivity index (χ2v) is 4.25. The summed E-state index contributed by atoms with van der Waals surface area (Å²) in [4.78, 5) is 0. The van der Waals surface area contributed by atoms with Crippen LogP contribution in [0.4, 0.5) is 0 Å². The SMILES string of the molecule is ClCC1CC=C(CCc2ccccc2)N1. The molecule has 1 aliphatic heterocycles. The number of benzene rings is 1. The third-order valence-corrected chi connectivity index (χ3v) is 3.12. The fourth-order valence-corrected chi connectivity index (χ4v) is 2.07. The first kappa shape index (κ1) is 10.6. The van der Waals surface area contributed by atoms with Crippen molar-refractivity contribution in [2.45, 2.75) is 25.3 Å². The van der Waals surface area contributed by atoms with Crippen LogP contribution in [-0.4, -0.2) is 11.9 Å². The van der Waals surface area contributed by atoms with E-state index in [1.165, 1.54) is 11.3 Å². The summed E-state index contributed by atoms with van der Waals surface area (Å²) in [5.41, 5.74) is 2.75. The Hall–Kier alpha value is -0.950. The van der Waals surface area contributed by atoms with Gasteiger partial charge in [0.05, 0.1) is 0 Å². The van der Waals surface area contributed by atoms with Crippen molar-refractivity contribution in [3.63, 3.8) is 0 Å². The molecule has 1 nitrogen and oxygen atoms in total. The monoisotopic (exact) mass is 221 g/mol. The largest absolute Gasteiger partial charge is 0.384 e. The molecule has 0 bridgehead atoms. The first-order valence-electron chi connectivity index (χ1n) is 5.44. The molecular formula is C13H16ClN. The Labute approximate surface area is 96.1 Å². The van der Waals surface area contributed by atoms with Gasteiger partial charge in [-0.2, -0.15) is 0 Å². The Morgan fingerprint density at radius 3 is 2.67 bits per heavy atom. The number of hydrogen-bond donors (Lipinski definition) is 1. The summed E-state index contributed by atoms with van der Waals surface area (Å²) in [6.07, 6.45) is 5.55. The summed E-state index contributed by atoms with van der Waals surface area (Å²) in [6.45, 7) is 0. The molecule has 1 N–H and O–H groups in total. The number of allylic oxidation sites excluding steroid dienone is 1. The molecule has 0 saturated heterocycles. The van der Waals surface area contributed by atoms with Crippen LogP contribution in [0.5, 0.6) is 0 Å². The van der Waals surface area contributed by atoms with Crippen molar-refractivity contribution in [1.82, 2.24) is 5.32 Å². The van der Waals surface area contributed by atoms with Crippen molar-refractivity contribution in [1.29, 1.82) is 0 Å². The molecule has 0 fully saturated rings. The van der Waals surface area contributed by atoms with Gasteiger partial charge >= 0.3 is 0 Å². The maximum Gasteiger partial charge on any atom is 0.0428 e. The van der Waals surface area contributed by atoms with Gasteiger partial charge in [-0.15, -0.1) is 11.6 Å². The van der Waals surface area contributed by atoms with Crippen molar-refractivity contribution in [2.75, 3.05) is 5.88 Å². The van der Waals surface area contributed by atoms with Crippen LogP contribution in [0.1, 0.15) is 18.4 Å². The predicted molar refractivity (Wildman–Crippen MR) is 65.1 cm³/mol. The summed E-state index contributed by atoms with van der Waals surface area (Å²) >= 11 is 5.79. The summed E-state index contributed by atoms with van der Waals surface area (Å²) in [7, 11) is 0. The van der Waals surface area contributed by atoms with E-state index < -0.39 is 0 Å². The molecule has 1 unspecified atom stereocenters. The fraction of sp³-hybridized carbons (Fsp3) is 0.385. The smallest absolute Gasteiger partial charge is 0.0428 e. The molecule has 0 aromatic heterocycles. The fourth-order valence-electron chi connectivity index (χ4n) is 1.86. The number of hydrogen-bond acceptors (Lipinski definition) is 1. The average molecular weight is 222 g/mol. The van der Waals surface area contributed by atoms with E-state index in [-0.39, 0.29) is 0 Å². The number of rotatable bonds is 4. The van der Waals surface area contributed by atoms with Crippen LogP contribution in [0, 0.1) is 0 Å². The van der Waals surface area contributed by atoms with Crippen LogP contribution in [0.25, 0.3) is 0 Å². The topological polar surface area (TPSA) is 12.0 Å². The van der Waals surface area contributed by atoms with E-state index in [1.807, 2.05) is 0 Å². The van der Waals surface area contributed by atoms with Crippen LogP contribution in [-0.2, 0) is 6.42 Å². The molecule has 0 aliphatic carbocycles. The summed E-state index contributed by atoms with van der Waals surface area (Å²) in [6, 6.07) is 11.0. The quantitative estimate of drug-likeness (QED) is 0.771. The van der Waals surface area contributed by atoms with Gasteiger partial charge in [0.25, 0.3) is 0 Å². The number of aryl methyl sites for hydroxylation is 1. The van der Waals surface area contributed by atoms with Gasteiger partial charge in [-0.05, 0) is 24.8 Å². The zero-order chi connectivity index (χ0) is 10.5. The highest BCUT2D eigenvalue weighted by atomic mass is 35.5. The normalized spacial score (nSPS) is 19.8. The van der Waals surface area contributed by atoms with Crippen LogP contribution < -0.4 is 5.32 Å². The Kier molecular flexibility index (Phi) is 3.68. The molecule has 80 valence electrons. The van der Waals surface area contributed by atoms with Gasteiger partial charge in [-0.25, -0.2) is 0 Å². The zero-order valence-electron chi connectivity index (χ0n) is 8.75. The van der Waals surface area contributed by atoms with E-state index in [2.05, 4.69) is 41.7 Å². The summed E-state index contributed by atoms with van der Waals surface area (Å²) in [5, 5.41) is 3.44. The Balaban J connectivity index is 1.80. The van der Waals surface area contributed by atoms with Gasteiger partial charge in [-0.3, -0.25) is 0 Å². The van der Waals surface area contributed by atoms with E-state index in [4.69, 9.17) is 11.6 Å². The molecular weight excluding hydrogens is 206 g/mol. The van der Waals surface area contributed by atoms with Crippen LogP contribution in [0.15, 0.2) is 42.1 Å². The highest BCUT2D eigenvalue weighted by Gasteiger charge is 2.13. The van der Waals surface area contributed by atoms with Crippen molar-refractivity contribution in [3.8, 4) is 0 Å². The maximum atomic E-state index is 5.79. The number of nitrogens with one attached hydrogen (secondary N) is 1. The van der Waals surface area contributed by atoms with Crippen molar-refractivity contribution < 1.29 is 0 Å². The molecule has 1 heterocycles. The Morgan fingerprint density at radius 1 is 1.20 bits per heavy atom. The minimum absolute atomic E-state index is 0.456. The molecule has 1 aliphatic rings. The van der Waals surface area contributed by atoms with Gasteiger partial charge in [0.1, 0.15) is 0 Å². The van der Waals surface area contributed by atoms with Gasteiger partial charge in [0.2, 0.25) is 0 Å². The van der Waals surface area contributed by atoms with E-state index in [0.717, 1.165) is 19.3 Å². The van der Waals surface area contributed by atoms with Gasteiger partial charge in [0, 0.05) is 17.6 Å². The minimum atomic E-state index is 0.456. The standard InChI is InChI=1S/C13H16ClN/c14-10-13-9-8-12(15-13)7-6-11-4-2-1-3-5-11/h1-5,8,13,15H,6-7,9-10H2. The third-order valence-electron chi connectivity index (χ3n) is 2.75. The highest BCUT2D eigenvalue weighted by Crippen LogP contribution is 2.15. The van der Waals surface area contributed by atoms with Gasteiger partial charge in [-0.1, -0.05) is 36.4 Å². The van der Waals surface area contributed by atoms with Crippen molar-refractivity contribution >= 4 is 11.6 Å². The second-order valence-electron chi connectivity index (χ2n) is 3.95. The van der Waals surface area contributed by atoms with Crippen LogP contribution in [0.3, 0.4) is 0 Å². The van der Waals surface area contributed by atoms with Crippen molar-refractivity contribution in [2.24, 2.45) is 0 Å². The summed E-state index contributed by atoms with van der Waals surface area (Å²) < 4.78 is 0. The van der Waals surface area contributed by atoms with Gasteiger partial charge in [0.15, 0.2) is 0 Å². The van der Waals surface area contributed by atoms with Crippen molar-refractivity contribution in [3.05, 3.63) is 47.7 Å². The zero-order valence-corrected chi connectivity index (χ0v) is 9.50. The number of halogens is 1. The summed E-state index contributed by atoms with van der Waals surface area (Å²) in [5.74, 6) is 0.700. The van der Waals surface area contributed by atoms with Gasteiger partial charge < -0.3 is 5.32 Å². The van der Waals surface area contributed by atoms with E-state index in [9.17, 15) is 0 Å². The third kappa shape index (κ3) is 3.00. The minimum Gasteiger partial charge on any atom is -0.384 e. The van der Waals surface area contributed by atoms with Crippen LogP contribution >= 0.6 is 11.6 Å². The number of alkyl halides is 1.